The molecule has 21 heavy (non-hydrogen) atoms. The van der Waals surface area contributed by atoms with Gasteiger partial charge in [-0.1, -0.05) is 26.0 Å². The Labute approximate surface area is 127 Å². The maximum Gasteiger partial charge on any atom is 0.354 e. The van der Waals surface area contributed by atoms with Gasteiger partial charge in [-0.3, -0.25) is 0 Å². The number of thiol groups is 1. The molecule has 1 heterocycles. The summed E-state index contributed by atoms with van der Waals surface area (Å²) in [4.78, 5) is 18.9. The third kappa shape index (κ3) is 3.20. The van der Waals surface area contributed by atoms with Gasteiger partial charge >= 0.3 is 5.97 Å². The van der Waals surface area contributed by atoms with Crippen molar-refractivity contribution in [2.24, 2.45) is 0 Å². The molecular weight excluding hydrogens is 286 g/mol. The van der Waals surface area contributed by atoms with Crippen LogP contribution in [0.1, 0.15) is 41.4 Å². The van der Waals surface area contributed by atoms with E-state index in [1.54, 1.807) is 6.07 Å². The van der Waals surface area contributed by atoms with Crippen LogP contribution in [0.5, 0.6) is 0 Å². The van der Waals surface area contributed by atoms with Crippen molar-refractivity contribution in [2.45, 2.75) is 24.9 Å². The molecule has 0 aliphatic rings. The topological polar surface area (TPSA) is 86.9 Å². The number of carbonyl (C=O) groups is 1. The van der Waals surface area contributed by atoms with Gasteiger partial charge in [0, 0.05) is 5.56 Å². The number of aromatic carboxylic acids is 1. The van der Waals surface area contributed by atoms with Crippen LogP contribution >= 0.6 is 12.6 Å². The molecule has 0 fully saturated rings. The molecule has 6 heteroatoms. The van der Waals surface area contributed by atoms with Gasteiger partial charge in [0.25, 0.3) is 0 Å². The Hall–Kier alpha value is -2.39. The summed E-state index contributed by atoms with van der Waals surface area (Å²) in [7, 11) is 0. The molecule has 0 spiro atoms. The molecule has 5 nitrogen and oxygen atoms in total. The van der Waals surface area contributed by atoms with Crippen LogP contribution < -0.4 is 0 Å². The average Bonchev–Trinajstić information content (AvgIpc) is 2.45. The lowest BCUT2D eigenvalue weighted by atomic mass is 9.95. The summed E-state index contributed by atoms with van der Waals surface area (Å²) in [6.45, 7) is 4.02. The van der Waals surface area contributed by atoms with Crippen molar-refractivity contribution >= 4 is 18.6 Å². The van der Waals surface area contributed by atoms with Gasteiger partial charge in [0.1, 0.15) is 0 Å². The molecule has 0 aliphatic carbocycles. The summed E-state index contributed by atoms with van der Waals surface area (Å²) in [6, 6.07) is 8.91. The van der Waals surface area contributed by atoms with Crippen LogP contribution in [0.4, 0.5) is 0 Å². The molecule has 0 saturated carbocycles. The number of hydrogen-bond acceptors (Lipinski definition) is 5. The third-order valence-corrected chi connectivity index (χ3v) is 3.22. The van der Waals surface area contributed by atoms with Gasteiger partial charge in [0.15, 0.2) is 10.9 Å². The lowest BCUT2D eigenvalue weighted by molar-refractivity contribution is 0.0689. The number of nitrogens with zero attached hydrogens (tertiary/aromatic N) is 3. The second-order valence-corrected chi connectivity index (χ2v) is 5.21. The number of rotatable bonds is 3. The maximum atomic E-state index is 11.0. The van der Waals surface area contributed by atoms with Crippen molar-refractivity contribution in [1.82, 2.24) is 9.97 Å². The van der Waals surface area contributed by atoms with E-state index in [2.05, 4.69) is 28.7 Å². The predicted molar refractivity (Wildman–Crippen MR) is 80.5 cm³/mol. The van der Waals surface area contributed by atoms with E-state index in [0.717, 1.165) is 5.56 Å². The summed E-state index contributed by atoms with van der Waals surface area (Å²) in [5.41, 5.74) is 2.46. The molecule has 0 aliphatic heterocycles. The molecule has 0 amide bonds. The van der Waals surface area contributed by atoms with E-state index in [-0.39, 0.29) is 16.8 Å². The van der Waals surface area contributed by atoms with Crippen LogP contribution in [0, 0.1) is 11.3 Å². The fraction of sp³-hybridized carbons (Fsp3) is 0.200. The molecular formula is C15H13N3O2S. The van der Waals surface area contributed by atoms with Crippen LogP contribution in [0.15, 0.2) is 29.4 Å². The number of benzene rings is 1. The van der Waals surface area contributed by atoms with Crippen molar-refractivity contribution in [3.63, 3.8) is 0 Å². The summed E-state index contributed by atoms with van der Waals surface area (Å²) in [5, 5.41) is 18.3. The first kappa shape index (κ1) is 15.0. The predicted octanol–water partition coefficient (Wildman–Crippen LogP) is 3.13. The molecule has 0 atom stereocenters. The highest BCUT2D eigenvalue weighted by molar-refractivity contribution is 7.80. The highest BCUT2D eigenvalue weighted by Crippen LogP contribution is 2.26. The number of carboxylic acid groups (broad SMARTS) is 1. The first-order valence-electron chi connectivity index (χ1n) is 6.28. The van der Waals surface area contributed by atoms with Gasteiger partial charge in [-0.25, -0.2) is 14.8 Å². The molecule has 0 saturated heterocycles. The fourth-order valence-corrected chi connectivity index (χ4v) is 2.22. The zero-order valence-electron chi connectivity index (χ0n) is 11.5. The van der Waals surface area contributed by atoms with Gasteiger partial charge in [-0.05, 0) is 23.6 Å². The smallest absolute Gasteiger partial charge is 0.354 e. The van der Waals surface area contributed by atoms with E-state index in [1.165, 1.54) is 6.07 Å². The number of carboxylic acids is 1. The maximum absolute atomic E-state index is 11.0. The summed E-state index contributed by atoms with van der Waals surface area (Å²) in [5.74, 6) is -0.914. The Balaban J connectivity index is 2.58. The quantitative estimate of drug-likeness (QED) is 0.671. The van der Waals surface area contributed by atoms with E-state index in [4.69, 9.17) is 5.11 Å². The molecule has 2 rings (SSSR count). The van der Waals surface area contributed by atoms with Gasteiger partial charge in [-0.2, -0.15) is 5.26 Å². The molecule has 0 radical (unpaired) electrons. The van der Waals surface area contributed by atoms with Gasteiger partial charge in [0.05, 0.1) is 17.3 Å². The largest absolute Gasteiger partial charge is 0.477 e. The molecule has 1 N–H and O–H groups in total. The fourth-order valence-electron chi connectivity index (χ4n) is 2.01. The molecule has 1 aromatic heterocycles. The van der Waals surface area contributed by atoms with E-state index in [1.807, 2.05) is 26.0 Å². The van der Waals surface area contributed by atoms with E-state index in [0.29, 0.717) is 16.8 Å². The van der Waals surface area contributed by atoms with Gasteiger partial charge < -0.3 is 5.11 Å². The number of aromatic nitrogens is 2. The van der Waals surface area contributed by atoms with Crippen molar-refractivity contribution < 1.29 is 9.90 Å². The highest BCUT2D eigenvalue weighted by Gasteiger charge is 2.13. The van der Waals surface area contributed by atoms with Crippen LogP contribution in [0.25, 0.3) is 11.3 Å². The number of nitriles is 1. The normalized spacial score (nSPS) is 10.4. The van der Waals surface area contributed by atoms with Gasteiger partial charge in [-0.15, -0.1) is 12.6 Å². The highest BCUT2D eigenvalue weighted by atomic mass is 32.1. The Morgan fingerprint density at radius 2 is 2.05 bits per heavy atom. The summed E-state index contributed by atoms with van der Waals surface area (Å²) < 4.78 is 0. The Bertz CT molecular complexity index is 751. The molecule has 2 aromatic rings. The standard InChI is InChI=1S/C15H13N3O2S/c1-8(2)11-4-3-9(5-10(11)7-16)12-6-13(14(19)20)18-15(21)17-12/h3-6,8H,1-2H3,(H,19,20)(H,17,18,21). The Kier molecular flexibility index (Phi) is 4.24. The van der Waals surface area contributed by atoms with E-state index < -0.39 is 5.97 Å². The average molecular weight is 299 g/mol. The van der Waals surface area contributed by atoms with Crippen LogP contribution in [-0.2, 0) is 0 Å². The van der Waals surface area contributed by atoms with Crippen molar-refractivity contribution in [3.05, 3.63) is 41.1 Å². The second kappa shape index (κ2) is 5.94. The van der Waals surface area contributed by atoms with Crippen LogP contribution in [0.3, 0.4) is 0 Å². The zero-order valence-corrected chi connectivity index (χ0v) is 12.4. The lowest BCUT2D eigenvalue weighted by Gasteiger charge is -2.10. The molecule has 1 aromatic carbocycles. The minimum absolute atomic E-state index is 0.0799. The first-order valence-corrected chi connectivity index (χ1v) is 6.73. The van der Waals surface area contributed by atoms with Crippen molar-refractivity contribution in [1.29, 1.82) is 5.26 Å². The Morgan fingerprint density at radius 3 is 2.62 bits per heavy atom. The monoisotopic (exact) mass is 299 g/mol. The Morgan fingerprint density at radius 1 is 1.33 bits per heavy atom. The van der Waals surface area contributed by atoms with E-state index in [9.17, 15) is 10.1 Å². The zero-order chi connectivity index (χ0) is 15.6. The van der Waals surface area contributed by atoms with Crippen molar-refractivity contribution in [3.8, 4) is 17.3 Å². The molecule has 106 valence electrons. The minimum atomic E-state index is -1.15. The summed E-state index contributed by atoms with van der Waals surface area (Å²) in [6.07, 6.45) is 0. The SMILES string of the molecule is CC(C)c1ccc(-c2cc(C(=O)O)nc(S)n2)cc1C#N. The minimum Gasteiger partial charge on any atom is -0.477 e. The lowest BCUT2D eigenvalue weighted by Crippen LogP contribution is -2.03. The van der Waals surface area contributed by atoms with E-state index >= 15 is 0 Å². The molecule has 0 unspecified atom stereocenters. The second-order valence-electron chi connectivity index (χ2n) is 4.81. The number of hydrogen-bond donors (Lipinski definition) is 2. The first-order chi connectivity index (χ1) is 9.92. The third-order valence-electron chi connectivity index (χ3n) is 3.02. The molecule has 0 bridgehead atoms. The van der Waals surface area contributed by atoms with Crippen LogP contribution in [-0.4, -0.2) is 21.0 Å². The van der Waals surface area contributed by atoms with Gasteiger partial charge in [0.2, 0.25) is 0 Å². The summed E-state index contributed by atoms with van der Waals surface area (Å²) >= 11 is 4.02. The van der Waals surface area contributed by atoms with Crippen LogP contribution in [0.2, 0.25) is 0 Å². The van der Waals surface area contributed by atoms with Crippen molar-refractivity contribution in [2.75, 3.05) is 0 Å².